The summed E-state index contributed by atoms with van der Waals surface area (Å²) in [5.74, 6) is -0.768. The summed E-state index contributed by atoms with van der Waals surface area (Å²) in [6, 6.07) is 17.2. The first-order valence-corrected chi connectivity index (χ1v) is 8.22. The summed E-state index contributed by atoms with van der Waals surface area (Å²) >= 11 is 0. The standard InChI is InChI=1S/C20H21NO5/c1-25-18(23)13-12-17(22)19(16-10-6-3-7-11-16)21-20(24)26-14-15-8-4-2-5-9-15/h2-11,19H,12-14H2,1H3,(H,21,24)/t19-/m0/s1. The summed E-state index contributed by atoms with van der Waals surface area (Å²) in [7, 11) is 1.26. The first-order chi connectivity index (χ1) is 12.6. The number of carbonyl (C=O) groups is 3. The fourth-order valence-electron chi connectivity index (χ4n) is 2.35. The van der Waals surface area contributed by atoms with Crippen LogP contribution in [0, 0.1) is 0 Å². The van der Waals surface area contributed by atoms with Gasteiger partial charge in [-0.1, -0.05) is 60.7 Å². The number of hydrogen-bond donors (Lipinski definition) is 1. The van der Waals surface area contributed by atoms with Crippen molar-refractivity contribution in [3.8, 4) is 0 Å². The number of esters is 1. The van der Waals surface area contributed by atoms with Gasteiger partial charge in [0.1, 0.15) is 12.6 Å². The second-order valence-corrected chi connectivity index (χ2v) is 5.59. The average Bonchev–Trinajstić information content (AvgIpc) is 2.69. The Morgan fingerprint density at radius 3 is 2.15 bits per heavy atom. The molecule has 2 rings (SSSR count). The van der Waals surface area contributed by atoms with Crippen LogP contribution in [0.4, 0.5) is 4.79 Å². The average molecular weight is 355 g/mol. The van der Waals surface area contributed by atoms with E-state index in [0.717, 1.165) is 5.56 Å². The monoisotopic (exact) mass is 355 g/mol. The molecule has 0 unspecified atom stereocenters. The normalized spacial score (nSPS) is 11.3. The van der Waals surface area contributed by atoms with Crippen molar-refractivity contribution < 1.29 is 23.9 Å². The molecule has 0 bridgehead atoms. The van der Waals surface area contributed by atoms with Crippen LogP contribution in [0.3, 0.4) is 0 Å². The third-order valence-electron chi connectivity index (χ3n) is 3.73. The maximum Gasteiger partial charge on any atom is 0.408 e. The first-order valence-electron chi connectivity index (χ1n) is 8.22. The number of hydrogen-bond acceptors (Lipinski definition) is 5. The molecule has 1 atom stereocenters. The molecule has 1 amide bonds. The number of nitrogens with one attached hydrogen (secondary N) is 1. The van der Waals surface area contributed by atoms with E-state index in [1.54, 1.807) is 24.3 Å². The lowest BCUT2D eigenvalue weighted by Crippen LogP contribution is -2.34. The van der Waals surface area contributed by atoms with E-state index in [4.69, 9.17) is 4.74 Å². The molecule has 136 valence electrons. The van der Waals surface area contributed by atoms with Crippen LogP contribution < -0.4 is 5.32 Å². The van der Waals surface area contributed by atoms with Gasteiger partial charge >= 0.3 is 12.1 Å². The molecule has 0 aromatic heterocycles. The molecule has 2 aromatic rings. The van der Waals surface area contributed by atoms with E-state index < -0.39 is 18.1 Å². The molecular formula is C20H21NO5. The Balaban J connectivity index is 2.00. The summed E-state index contributed by atoms with van der Waals surface area (Å²) in [6.07, 6.45) is -0.779. The minimum atomic E-state index is -0.885. The van der Waals surface area contributed by atoms with E-state index >= 15 is 0 Å². The molecule has 0 aliphatic carbocycles. The highest BCUT2D eigenvalue weighted by Crippen LogP contribution is 2.17. The maximum atomic E-state index is 12.5. The second kappa shape index (κ2) is 9.98. The van der Waals surface area contributed by atoms with Gasteiger partial charge in [-0.05, 0) is 11.1 Å². The van der Waals surface area contributed by atoms with Crippen LogP contribution in [0.5, 0.6) is 0 Å². The van der Waals surface area contributed by atoms with E-state index in [0.29, 0.717) is 5.56 Å². The molecule has 0 saturated heterocycles. The van der Waals surface area contributed by atoms with Crippen molar-refractivity contribution in [2.24, 2.45) is 0 Å². The number of amides is 1. The molecule has 0 aliphatic heterocycles. The molecule has 1 N–H and O–H groups in total. The van der Waals surface area contributed by atoms with Gasteiger partial charge in [0, 0.05) is 6.42 Å². The summed E-state index contributed by atoms with van der Waals surface area (Å²) in [5.41, 5.74) is 1.47. The highest BCUT2D eigenvalue weighted by molar-refractivity contribution is 5.90. The lowest BCUT2D eigenvalue weighted by molar-refractivity contribution is -0.142. The van der Waals surface area contributed by atoms with E-state index in [1.165, 1.54) is 7.11 Å². The SMILES string of the molecule is COC(=O)CCC(=O)[C@@H](NC(=O)OCc1ccccc1)c1ccccc1. The fraction of sp³-hybridized carbons (Fsp3) is 0.250. The number of alkyl carbamates (subject to hydrolysis) is 1. The Labute approximate surface area is 152 Å². The second-order valence-electron chi connectivity index (χ2n) is 5.59. The Bertz CT molecular complexity index is 730. The van der Waals surface area contributed by atoms with Crippen molar-refractivity contribution in [1.82, 2.24) is 5.32 Å². The van der Waals surface area contributed by atoms with Crippen molar-refractivity contribution in [2.45, 2.75) is 25.5 Å². The Kier molecular flexibility index (Phi) is 7.36. The zero-order valence-electron chi connectivity index (χ0n) is 14.5. The van der Waals surface area contributed by atoms with Gasteiger partial charge in [-0.3, -0.25) is 9.59 Å². The van der Waals surface area contributed by atoms with Gasteiger partial charge < -0.3 is 14.8 Å². The number of carbonyl (C=O) groups excluding carboxylic acids is 3. The molecular weight excluding hydrogens is 334 g/mol. The molecule has 0 saturated carbocycles. The lowest BCUT2D eigenvalue weighted by Gasteiger charge is -2.18. The molecule has 0 heterocycles. The van der Waals surface area contributed by atoms with Gasteiger partial charge in [0.05, 0.1) is 13.5 Å². The van der Waals surface area contributed by atoms with Crippen LogP contribution in [-0.4, -0.2) is 25.0 Å². The van der Waals surface area contributed by atoms with Crippen molar-refractivity contribution in [3.05, 3.63) is 71.8 Å². The molecule has 0 spiro atoms. The zero-order valence-corrected chi connectivity index (χ0v) is 14.5. The number of methoxy groups -OCH3 is 1. The van der Waals surface area contributed by atoms with Crippen LogP contribution >= 0.6 is 0 Å². The molecule has 26 heavy (non-hydrogen) atoms. The molecule has 0 fully saturated rings. The quantitative estimate of drug-likeness (QED) is 0.736. The zero-order chi connectivity index (χ0) is 18.8. The number of ether oxygens (including phenoxy) is 2. The smallest absolute Gasteiger partial charge is 0.408 e. The van der Waals surface area contributed by atoms with Gasteiger partial charge in [-0.2, -0.15) is 0 Å². The van der Waals surface area contributed by atoms with Crippen molar-refractivity contribution >= 4 is 17.8 Å². The summed E-state index contributed by atoms with van der Waals surface area (Å²) in [6.45, 7) is 0.102. The van der Waals surface area contributed by atoms with E-state index in [9.17, 15) is 14.4 Å². The van der Waals surface area contributed by atoms with Gasteiger partial charge in [0.25, 0.3) is 0 Å². The molecule has 0 aliphatic rings. The van der Waals surface area contributed by atoms with E-state index in [1.807, 2.05) is 36.4 Å². The van der Waals surface area contributed by atoms with E-state index in [2.05, 4.69) is 10.1 Å². The fourth-order valence-corrected chi connectivity index (χ4v) is 2.35. The van der Waals surface area contributed by atoms with Gasteiger partial charge in [0.15, 0.2) is 5.78 Å². The molecule has 0 radical (unpaired) electrons. The Hall–Kier alpha value is -3.15. The largest absolute Gasteiger partial charge is 0.469 e. The van der Waals surface area contributed by atoms with Crippen molar-refractivity contribution in [1.29, 1.82) is 0 Å². The van der Waals surface area contributed by atoms with Crippen LogP contribution in [-0.2, 0) is 25.7 Å². The predicted octanol–water partition coefficient (Wildman–Crippen LogP) is 3.18. The number of benzene rings is 2. The van der Waals surface area contributed by atoms with Crippen LogP contribution in [0.25, 0.3) is 0 Å². The topological polar surface area (TPSA) is 81.7 Å². The number of ketones is 1. The Morgan fingerprint density at radius 1 is 0.923 bits per heavy atom. The highest BCUT2D eigenvalue weighted by atomic mass is 16.5. The van der Waals surface area contributed by atoms with Crippen LogP contribution in [0.15, 0.2) is 60.7 Å². The third-order valence-corrected chi connectivity index (χ3v) is 3.73. The summed E-state index contributed by atoms with van der Waals surface area (Å²) in [4.78, 5) is 35.9. The van der Waals surface area contributed by atoms with Gasteiger partial charge in [-0.25, -0.2) is 4.79 Å². The van der Waals surface area contributed by atoms with Crippen molar-refractivity contribution in [3.63, 3.8) is 0 Å². The highest BCUT2D eigenvalue weighted by Gasteiger charge is 2.23. The predicted molar refractivity (Wildman–Crippen MR) is 95.2 cm³/mol. The molecule has 6 heteroatoms. The van der Waals surface area contributed by atoms with E-state index in [-0.39, 0.29) is 25.2 Å². The van der Waals surface area contributed by atoms with Crippen LogP contribution in [0.1, 0.15) is 30.0 Å². The summed E-state index contributed by atoms with van der Waals surface area (Å²) < 4.78 is 9.73. The minimum absolute atomic E-state index is 0.0365. The maximum absolute atomic E-state index is 12.5. The van der Waals surface area contributed by atoms with Crippen LogP contribution in [0.2, 0.25) is 0 Å². The number of rotatable bonds is 8. The van der Waals surface area contributed by atoms with Crippen molar-refractivity contribution in [2.75, 3.05) is 7.11 Å². The Morgan fingerprint density at radius 2 is 1.54 bits per heavy atom. The molecule has 6 nitrogen and oxygen atoms in total. The van der Waals surface area contributed by atoms with Gasteiger partial charge in [-0.15, -0.1) is 0 Å². The summed E-state index contributed by atoms with van der Waals surface area (Å²) in [5, 5.41) is 2.58. The first kappa shape index (κ1) is 19.2. The lowest BCUT2D eigenvalue weighted by atomic mass is 10.00. The minimum Gasteiger partial charge on any atom is -0.469 e. The molecule has 2 aromatic carbocycles. The van der Waals surface area contributed by atoms with Gasteiger partial charge in [0.2, 0.25) is 0 Å². The third kappa shape index (κ3) is 6.05. The number of Topliss-reactive ketones (excluding diaryl/α,β-unsaturated/α-hetero) is 1.